The average Bonchev–Trinajstić information content (AvgIpc) is 3.63. The summed E-state index contributed by atoms with van der Waals surface area (Å²) < 4.78 is 6.09. The van der Waals surface area contributed by atoms with Crippen LogP contribution in [0.25, 0.3) is 0 Å². The number of imide groups is 1. The molecule has 0 radical (unpaired) electrons. The minimum Gasteiger partial charge on any atom is -0.508 e. The van der Waals surface area contributed by atoms with Crippen LogP contribution < -0.4 is 15.8 Å². The molecule has 2 aliphatic rings. The van der Waals surface area contributed by atoms with Crippen molar-refractivity contribution < 1.29 is 24.2 Å². The first-order valence-corrected chi connectivity index (χ1v) is 14.5. The predicted molar refractivity (Wildman–Crippen MR) is 161 cm³/mol. The van der Waals surface area contributed by atoms with Gasteiger partial charge >= 0.3 is 0 Å². The van der Waals surface area contributed by atoms with Crippen LogP contribution in [0, 0.1) is 0 Å². The molecule has 3 amide bonds. The Morgan fingerprint density at radius 1 is 1.05 bits per heavy atom. The van der Waals surface area contributed by atoms with Gasteiger partial charge in [0.2, 0.25) is 12.3 Å². The van der Waals surface area contributed by atoms with Gasteiger partial charge in [-0.05, 0) is 80.2 Å². The largest absolute Gasteiger partial charge is 0.508 e. The van der Waals surface area contributed by atoms with Crippen LogP contribution in [-0.4, -0.2) is 52.3 Å². The van der Waals surface area contributed by atoms with Crippen LogP contribution in [0.2, 0.25) is 0 Å². The summed E-state index contributed by atoms with van der Waals surface area (Å²) in [5, 5.41) is 11.5. The summed E-state index contributed by atoms with van der Waals surface area (Å²) in [6.45, 7) is 6.79. The number of hydrogen-bond donors (Lipinski definition) is 3. The van der Waals surface area contributed by atoms with Crippen LogP contribution in [0.3, 0.4) is 0 Å². The molecule has 1 fully saturated rings. The molecule has 3 aromatic carbocycles. The van der Waals surface area contributed by atoms with Gasteiger partial charge in [0.05, 0.1) is 0 Å². The number of carbonyl (C=O) groups is 3. The average molecular weight is 573 g/mol. The van der Waals surface area contributed by atoms with Gasteiger partial charge in [-0.15, -0.1) is 0 Å². The zero-order chi connectivity index (χ0) is 29.9. The molecular formula is C33H40N4O5. The van der Waals surface area contributed by atoms with Gasteiger partial charge in [0.25, 0.3) is 5.91 Å². The number of benzene rings is 3. The number of phenolic OH excluding ortho intramolecular Hbond substituents is 1. The van der Waals surface area contributed by atoms with Crippen LogP contribution in [0.4, 0.5) is 0 Å². The molecule has 4 N–H and O–H groups in total. The van der Waals surface area contributed by atoms with Crippen LogP contribution in [0.5, 0.6) is 11.5 Å². The summed E-state index contributed by atoms with van der Waals surface area (Å²) in [6.07, 6.45) is 3.64. The first-order valence-electron chi connectivity index (χ1n) is 14.5. The third-order valence-corrected chi connectivity index (χ3v) is 7.75. The second kappa shape index (κ2) is 15.1. The van der Waals surface area contributed by atoms with Gasteiger partial charge in [-0.1, -0.05) is 42.5 Å². The molecule has 0 saturated carbocycles. The van der Waals surface area contributed by atoms with E-state index in [0.717, 1.165) is 23.4 Å². The van der Waals surface area contributed by atoms with Gasteiger partial charge < -0.3 is 20.5 Å². The Labute approximate surface area is 247 Å². The van der Waals surface area contributed by atoms with Crippen LogP contribution in [0.1, 0.15) is 65.2 Å². The number of rotatable bonds is 11. The lowest BCUT2D eigenvalue weighted by molar-refractivity contribution is -0.125. The van der Waals surface area contributed by atoms with Crippen molar-refractivity contribution in [2.75, 3.05) is 13.1 Å². The van der Waals surface area contributed by atoms with Crippen molar-refractivity contribution in [2.24, 2.45) is 5.73 Å². The molecular weight excluding hydrogens is 532 g/mol. The predicted octanol–water partition coefficient (Wildman–Crippen LogP) is 4.11. The van der Waals surface area contributed by atoms with Crippen molar-refractivity contribution in [2.45, 2.75) is 64.9 Å². The number of hydrogen-bond acceptors (Lipinski definition) is 7. The Kier molecular flexibility index (Phi) is 11.1. The molecule has 3 aromatic rings. The van der Waals surface area contributed by atoms with E-state index in [4.69, 9.17) is 10.5 Å². The molecule has 42 heavy (non-hydrogen) atoms. The molecule has 5 rings (SSSR count). The van der Waals surface area contributed by atoms with E-state index in [-0.39, 0.29) is 30.0 Å². The number of amides is 3. The summed E-state index contributed by atoms with van der Waals surface area (Å²) in [7, 11) is 0. The number of nitrogens with one attached hydrogen (secondary N) is 1. The van der Waals surface area contributed by atoms with E-state index in [2.05, 4.69) is 40.5 Å². The SMILES string of the molecule is CC(CCC(=O)NC=O)N1Cc2cc(O)ccc2C1=O.NCc1ccccc1COc1ccccc1CN1CCCC1. The Bertz CT molecular complexity index is 1370. The van der Waals surface area contributed by atoms with E-state index in [0.29, 0.717) is 38.1 Å². The number of carbonyl (C=O) groups excluding carboxylic acids is 3. The zero-order valence-corrected chi connectivity index (χ0v) is 24.1. The van der Waals surface area contributed by atoms with Gasteiger partial charge in [-0.25, -0.2) is 0 Å². The Morgan fingerprint density at radius 2 is 1.74 bits per heavy atom. The molecule has 2 heterocycles. The highest BCUT2D eigenvalue weighted by Crippen LogP contribution is 2.28. The fourth-order valence-corrected chi connectivity index (χ4v) is 5.33. The van der Waals surface area contributed by atoms with Gasteiger partial charge in [0.1, 0.15) is 18.1 Å². The topological polar surface area (TPSA) is 125 Å². The molecule has 1 saturated heterocycles. The highest BCUT2D eigenvalue weighted by Gasteiger charge is 2.30. The lowest BCUT2D eigenvalue weighted by Gasteiger charge is -2.23. The van der Waals surface area contributed by atoms with Crippen molar-refractivity contribution in [3.8, 4) is 11.5 Å². The Morgan fingerprint density at radius 3 is 2.45 bits per heavy atom. The smallest absolute Gasteiger partial charge is 0.254 e. The third kappa shape index (κ3) is 8.18. The highest BCUT2D eigenvalue weighted by atomic mass is 16.5. The first kappa shape index (κ1) is 30.7. The van der Waals surface area contributed by atoms with Gasteiger partial charge in [0, 0.05) is 43.2 Å². The minimum absolute atomic E-state index is 0.0942. The number of likely N-dealkylation sites (tertiary alicyclic amines) is 1. The molecule has 0 spiro atoms. The molecule has 2 aliphatic heterocycles. The minimum atomic E-state index is -0.353. The van der Waals surface area contributed by atoms with Crippen LogP contribution in [-0.2, 0) is 35.8 Å². The number of fused-ring (bicyclic) bond motifs is 1. The van der Waals surface area contributed by atoms with Gasteiger partial charge in [0.15, 0.2) is 0 Å². The summed E-state index contributed by atoms with van der Waals surface area (Å²) in [5.74, 6) is 0.676. The fourth-order valence-electron chi connectivity index (χ4n) is 5.33. The molecule has 222 valence electrons. The van der Waals surface area contributed by atoms with E-state index >= 15 is 0 Å². The summed E-state index contributed by atoms with van der Waals surface area (Å²) >= 11 is 0. The molecule has 9 nitrogen and oxygen atoms in total. The maximum Gasteiger partial charge on any atom is 0.254 e. The lowest BCUT2D eigenvalue weighted by atomic mass is 10.1. The Balaban J connectivity index is 0.000000194. The number of aromatic hydroxyl groups is 1. The van der Waals surface area contributed by atoms with Crippen molar-refractivity contribution in [3.05, 3.63) is 94.5 Å². The number of phenols is 1. The fraction of sp³-hybridized carbons (Fsp3) is 0.364. The van der Waals surface area contributed by atoms with E-state index < -0.39 is 0 Å². The third-order valence-electron chi connectivity index (χ3n) is 7.75. The molecule has 0 aromatic heterocycles. The second-order valence-corrected chi connectivity index (χ2v) is 10.7. The number of nitrogens with zero attached hydrogens (tertiary/aromatic N) is 2. The molecule has 0 bridgehead atoms. The second-order valence-electron chi connectivity index (χ2n) is 10.7. The van der Waals surface area contributed by atoms with Crippen molar-refractivity contribution in [1.82, 2.24) is 15.1 Å². The standard InChI is InChI=1S/C19H24N2O.C14H16N2O4/c20-13-16-7-1-2-9-18(16)15-22-19-10-4-3-8-17(19)14-21-11-5-6-12-21;1-9(2-5-13(19)15-8-17)16-7-10-6-11(18)3-4-12(10)14(16)20/h1-4,7-10H,5-6,11-15,20H2;3-4,6,8-9,18H,2,5,7H2,1H3,(H,15,17,19). The Hall–Kier alpha value is -4.21. The zero-order valence-electron chi connectivity index (χ0n) is 24.1. The van der Waals surface area contributed by atoms with Crippen molar-refractivity contribution >= 4 is 18.2 Å². The summed E-state index contributed by atoms with van der Waals surface area (Å²) in [6, 6.07) is 21.1. The number of ether oxygens (including phenoxy) is 1. The maximum absolute atomic E-state index is 12.2. The summed E-state index contributed by atoms with van der Waals surface area (Å²) in [4.78, 5) is 37.7. The molecule has 9 heteroatoms. The quantitative estimate of drug-likeness (QED) is 0.295. The number of nitrogens with two attached hydrogens (primary N) is 1. The van der Waals surface area contributed by atoms with E-state index in [1.165, 1.54) is 43.1 Å². The van der Waals surface area contributed by atoms with E-state index in [9.17, 15) is 19.5 Å². The maximum atomic E-state index is 12.2. The first-order chi connectivity index (χ1) is 20.4. The van der Waals surface area contributed by atoms with Crippen LogP contribution in [0.15, 0.2) is 66.7 Å². The van der Waals surface area contributed by atoms with Crippen molar-refractivity contribution in [1.29, 1.82) is 0 Å². The van der Waals surface area contributed by atoms with Crippen molar-refractivity contribution in [3.63, 3.8) is 0 Å². The van der Waals surface area contributed by atoms with Gasteiger partial charge in [-0.3, -0.25) is 24.6 Å². The normalized spacial score (nSPS) is 15.0. The lowest BCUT2D eigenvalue weighted by Crippen LogP contribution is -2.34. The summed E-state index contributed by atoms with van der Waals surface area (Å²) in [5.41, 5.74) is 10.8. The van der Waals surface area contributed by atoms with Gasteiger partial charge in [-0.2, -0.15) is 0 Å². The van der Waals surface area contributed by atoms with Crippen LogP contribution >= 0.6 is 0 Å². The molecule has 0 aliphatic carbocycles. The molecule has 1 unspecified atom stereocenters. The highest BCUT2D eigenvalue weighted by molar-refractivity contribution is 5.98. The monoisotopic (exact) mass is 572 g/mol. The van der Waals surface area contributed by atoms with E-state index in [1.54, 1.807) is 17.0 Å². The molecule has 1 atom stereocenters. The van der Waals surface area contributed by atoms with E-state index in [1.807, 2.05) is 25.1 Å². The number of para-hydroxylation sites is 1.